The third-order valence-corrected chi connectivity index (χ3v) is 4.51. The van der Waals surface area contributed by atoms with Crippen LogP contribution in [0.15, 0.2) is 11.4 Å². The molecule has 0 bridgehead atoms. The van der Waals surface area contributed by atoms with E-state index < -0.39 is 0 Å². The number of hydrogen-bond acceptors (Lipinski definition) is 4. The summed E-state index contributed by atoms with van der Waals surface area (Å²) in [4.78, 5) is 12.2. The molecular formula is C16H24ClN3S. The standard InChI is InChI=1S/C16H24ClN3S/c1-11(2)5-8-20(9-6-12(3)4)14-13-7-10-21-15(13)19-16(17)18-14/h7,10-12H,5-6,8-9H2,1-4H3. The van der Waals surface area contributed by atoms with Crippen LogP contribution in [0.3, 0.4) is 0 Å². The van der Waals surface area contributed by atoms with Gasteiger partial charge in [-0.25, -0.2) is 4.98 Å². The Hall–Kier alpha value is -0.870. The minimum Gasteiger partial charge on any atom is -0.356 e. The molecule has 0 spiro atoms. The van der Waals surface area contributed by atoms with Crippen molar-refractivity contribution < 1.29 is 0 Å². The Morgan fingerprint density at radius 3 is 2.29 bits per heavy atom. The number of rotatable bonds is 7. The van der Waals surface area contributed by atoms with Crippen molar-refractivity contribution in [1.82, 2.24) is 9.97 Å². The molecule has 116 valence electrons. The lowest BCUT2D eigenvalue weighted by atomic mass is 10.1. The van der Waals surface area contributed by atoms with E-state index in [1.807, 2.05) is 0 Å². The van der Waals surface area contributed by atoms with Crippen molar-refractivity contribution in [2.24, 2.45) is 11.8 Å². The van der Waals surface area contributed by atoms with Gasteiger partial charge in [-0.2, -0.15) is 4.98 Å². The Kier molecular flexibility index (Phi) is 5.82. The molecule has 0 aliphatic rings. The number of anilines is 1. The minimum absolute atomic E-state index is 0.346. The first-order chi connectivity index (χ1) is 9.97. The zero-order valence-corrected chi connectivity index (χ0v) is 14.8. The van der Waals surface area contributed by atoms with Gasteiger partial charge in [0.05, 0.1) is 5.39 Å². The zero-order valence-electron chi connectivity index (χ0n) is 13.3. The summed E-state index contributed by atoms with van der Waals surface area (Å²) in [6, 6.07) is 2.10. The van der Waals surface area contributed by atoms with Gasteiger partial charge in [-0.3, -0.25) is 0 Å². The van der Waals surface area contributed by atoms with Crippen LogP contribution in [0.25, 0.3) is 10.2 Å². The van der Waals surface area contributed by atoms with Crippen molar-refractivity contribution in [1.29, 1.82) is 0 Å². The van der Waals surface area contributed by atoms with E-state index >= 15 is 0 Å². The fourth-order valence-electron chi connectivity index (χ4n) is 2.21. The summed E-state index contributed by atoms with van der Waals surface area (Å²) in [5, 5.41) is 3.53. The highest BCUT2D eigenvalue weighted by atomic mass is 35.5. The van der Waals surface area contributed by atoms with Gasteiger partial charge in [0.1, 0.15) is 10.6 Å². The molecule has 0 unspecified atom stereocenters. The summed E-state index contributed by atoms with van der Waals surface area (Å²) in [6.45, 7) is 11.1. The molecule has 0 radical (unpaired) electrons. The molecule has 0 aliphatic heterocycles. The van der Waals surface area contributed by atoms with Crippen LogP contribution in [-0.2, 0) is 0 Å². The van der Waals surface area contributed by atoms with Gasteiger partial charge in [0.2, 0.25) is 5.28 Å². The van der Waals surface area contributed by atoms with Crippen molar-refractivity contribution in [3.8, 4) is 0 Å². The fourth-order valence-corrected chi connectivity index (χ4v) is 3.18. The van der Waals surface area contributed by atoms with E-state index in [0.29, 0.717) is 17.1 Å². The Morgan fingerprint density at radius 1 is 1.10 bits per heavy atom. The number of nitrogens with zero attached hydrogens (tertiary/aromatic N) is 3. The predicted molar refractivity (Wildman–Crippen MR) is 93.5 cm³/mol. The van der Waals surface area contributed by atoms with E-state index in [0.717, 1.165) is 42.0 Å². The zero-order chi connectivity index (χ0) is 15.4. The summed E-state index contributed by atoms with van der Waals surface area (Å²) in [5.41, 5.74) is 0. The fraction of sp³-hybridized carbons (Fsp3) is 0.625. The number of thiophene rings is 1. The van der Waals surface area contributed by atoms with Gasteiger partial charge in [0.15, 0.2) is 0 Å². The maximum absolute atomic E-state index is 6.11. The van der Waals surface area contributed by atoms with E-state index in [9.17, 15) is 0 Å². The Balaban J connectivity index is 2.29. The first kappa shape index (κ1) is 16.5. The van der Waals surface area contributed by atoms with E-state index in [2.05, 4.69) is 54.0 Å². The van der Waals surface area contributed by atoms with E-state index in [4.69, 9.17) is 11.6 Å². The van der Waals surface area contributed by atoms with Crippen LogP contribution in [0.4, 0.5) is 5.82 Å². The maximum atomic E-state index is 6.11. The molecule has 0 aliphatic carbocycles. The summed E-state index contributed by atoms with van der Waals surface area (Å²) in [6.07, 6.45) is 2.32. The monoisotopic (exact) mass is 325 g/mol. The predicted octanol–water partition coefficient (Wildman–Crippen LogP) is 5.24. The number of halogens is 1. The molecule has 0 amide bonds. The van der Waals surface area contributed by atoms with Crippen molar-refractivity contribution >= 4 is 39.0 Å². The Bertz CT molecular complexity index is 568. The highest BCUT2D eigenvalue weighted by Gasteiger charge is 2.15. The lowest BCUT2D eigenvalue weighted by Crippen LogP contribution is -2.28. The molecule has 0 aromatic carbocycles. The molecule has 0 fully saturated rings. The lowest BCUT2D eigenvalue weighted by Gasteiger charge is -2.26. The molecule has 0 saturated carbocycles. The van der Waals surface area contributed by atoms with E-state index in [-0.39, 0.29) is 0 Å². The molecule has 2 aromatic heterocycles. The van der Waals surface area contributed by atoms with Gasteiger partial charge in [0, 0.05) is 13.1 Å². The summed E-state index contributed by atoms with van der Waals surface area (Å²) < 4.78 is 0. The Labute approximate surface area is 136 Å². The van der Waals surface area contributed by atoms with Gasteiger partial charge >= 0.3 is 0 Å². The first-order valence-electron chi connectivity index (χ1n) is 7.63. The molecule has 2 rings (SSSR count). The number of hydrogen-bond donors (Lipinski definition) is 0. The molecule has 0 saturated heterocycles. The molecule has 2 heterocycles. The molecule has 5 heteroatoms. The van der Waals surface area contributed by atoms with Gasteiger partial charge in [0.25, 0.3) is 0 Å². The third-order valence-electron chi connectivity index (χ3n) is 3.53. The molecule has 21 heavy (non-hydrogen) atoms. The van der Waals surface area contributed by atoms with Crippen LogP contribution in [0.2, 0.25) is 5.28 Å². The highest BCUT2D eigenvalue weighted by molar-refractivity contribution is 7.16. The van der Waals surface area contributed by atoms with Gasteiger partial charge in [-0.15, -0.1) is 11.3 Å². The number of aromatic nitrogens is 2. The molecule has 0 N–H and O–H groups in total. The van der Waals surface area contributed by atoms with Crippen LogP contribution >= 0.6 is 22.9 Å². The average Bonchev–Trinajstić information content (AvgIpc) is 2.85. The second-order valence-electron chi connectivity index (χ2n) is 6.31. The van der Waals surface area contributed by atoms with Crippen molar-refractivity contribution in [3.63, 3.8) is 0 Å². The van der Waals surface area contributed by atoms with E-state index in [1.165, 1.54) is 0 Å². The first-order valence-corrected chi connectivity index (χ1v) is 8.88. The van der Waals surface area contributed by atoms with E-state index in [1.54, 1.807) is 11.3 Å². The van der Waals surface area contributed by atoms with Gasteiger partial charge < -0.3 is 4.90 Å². The quantitative estimate of drug-likeness (QED) is 0.651. The minimum atomic E-state index is 0.346. The molecule has 0 atom stereocenters. The van der Waals surface area contributed by atoms with Gasteiger partial charge in [-0.1, -0.05) is 27.7 Å². The average molecular weight is 326 g/mol. The Morgan fingerprint density at radius 2 is 1.71 bits per heavy atom. The number of fused-ring (bicyclic) bond motifs is 1. The maximum Gasteiger partial charge on any atom is 0.225 e. The molecule has 3 nitrogen and oxygen atoms in total. The van der Waals surface area contributed by atoms with Crippen LogP contribution < -0.4 is 4.90 Å². The second kappa shape index (κ2) is 7.41. The summed E-state index contributed by atoms with van der Waals surface area (Å²) in [5.74, 6) is 2.36. The second-order valence-corrected chi connectivity index (χ2v) is 7.54. The van der Waals surface area contributed by atoms with Crippen LogP contribution in [0.1, 0.15) is 40.5 Å². The van der Waals surface area contributed by atoms with Crippen LogP contribution in [-0.4, -0.2) is 23.1 Å². The third kappa shape index (κ3) is 4.55. The lowest BCUT2D eigenvalue weighted by molar-refractivity contribution is 0.533. The van der Waals surface area contributed by atoms with Crippen molar-refractivity contribution in [2.45, 2.75) is 40.5 Å². The van der Waals surface area contributed by atoms with Crippen LogP contribution in [0, 0.1) is 11.8 Å². The van der Waals surface area contributed by atoms with Crippen molar-refractivity contribution in [3.05, 3.63) is 16.7 Å². The normalized spacial score (nSPS) is 11.8. The van der Waals surface area contributed by atoms with Gasteiger partial charge in [-0.05, 0) is 47.7 Å². The highest BCUT2D eigenvalue weighted by Crippen LogP contribution is 2.29. The summed E-state index contributed by atoms with van der Waals surface area (Å²) in [7, 11) is 0. The largest absolute Gasteiger partial charge is 0.356 e. The SMILES string of the molecule is CC(C)CCN(CCC(C)C)c1nc(Cl)nc2sccc12. The van der Waals surface area contributed by atoms with Crippen LogP contribution in [0.5, 0.6) is 0 Å². The topological polar surface area (TPSA) is 29.0 Å². The summed E-state index contributed by atoms with van der Waals surface area (Å²) >= 11 is 7.73. The molecule has 2 aromatic rings. The van der Waals surface area contributed by atoms with Crippen molar-refractivity contribution in [2.75, 3.05) is 18.0 Å². The smallest absolute Gasteiger partial charge is 0.225 e. The molecular weight excluding hydrogens is 302 g/mol.